The number of rotatable bonds is 7. The van der Waals surface area contributed by atoms with Gasteiger partial charge in [0.25, 0.3) is 0 Å². The molecular weight excluding hydrogens is 238 g/mol. The van der Waals surface area contributed by atoms with Crippen LogP contribution in [0.15, 0.2) is 0 Å². The van der Waals surface area contributed by atoms with Crippen molar-refractivity contribution >= 4 is 5.91 Å². The SMILES string of the molecule is CC(C)C1CCN(CCC(C)(NC2CC2)C(N)=O)C1. The van der Waals surface area contributed by atoms with E-state index in [0.717, 1.165) is 24.8 Å². The monoisotopic (exact) mass is 267 g/mol. The molecule has 1 heterocycles. The highest BCUT2D eigenvalue weighted by Gasteiger charge is 2.37. The quantitative estimate of drug-likeness (QED) is 0.732. The molecule has 0 bridgehead atoms. The topological polar surface area (TPSA) is 58.4 Å². The zero-order valence-electron chi connectivity index (χ0n) is 12.6. The third kappa shape index (κ3) is 3.93. The number of nitrogens with one attached hydrogen (secondary N) is 1. The van der Waals surface area contributed by atoms with Crippen LogP contribution in [0.1, 0.15) is 46.5 Å². The van der Waals surface area contributed by atoms with Crippen molar-refractivity contribution in [1.82, 2.24) is 10.2 Å². The van der Waals surface area contributed by atoms with Crippen LogP contribution in [-0.4, -0.2) is 42.0 Å². The lowest BCUT2D eigenvalue weighted by Crippen LogP contribution is -2.55. The molecule has 0 aromatic carbocycles. The van der Waals surface area contributed by atoms with Gasteiger partial charge in [0.2, 0.25) is 5.91 Å². The van der Waals surface area contributed by atoms with Crippen LogP contribution < -0.4 is 11.1 Å². The second-order valence-electron chi connectivity index (χ2n) is 6.96. The van der Waals surface area contributed by atoms with E-state index in [2.05, 4.69) is 24.1 Å². The van der Waals surface area contributed by atoms with Crippen LogP contribution in [0.2, 0.25) is 0 Å². The Kier molecular flexibility index (Phi) is 4.51. The van der Waals surface area contributed by atoms with Crippen LogP contribution in [0.3, 0.4) is 0 Å². The molecular formula is C15H29N3O. The molecule has 19 heavy (non-hydrogen) atoms. The minimum atomic E-state index is -0.531. The Morgan fingerprint density at radius 2 is 2.11 bits per heavy atom. The molecule has 0 aromatic heterocycles. The second kappa shape index (κ2) is 5.80. The molecule has 3 N–H and O–H groups in total. The van der Waals surface area contributed by atoms with Crippen molar-refractivity contribution in [2.45, 2.75) is 58.0 Å². The van der Waals surface area contributed by atoms with Crippen LogP contribution in [0.4, 0.5) is 0 Å². The maximum absolute atomic E-state index is 11.7. The number of likely N-dealkylation sites (tertiary alicyclic amines) is 1. The highest BCUT2D eigenvalue weighted by atomic mass is 16.1. The molecule has 110 valence electrons. The molecule has 2 atom stereocenters. The minimum Gasteiger partial charge on any atom is -0.368 e. The maximum Gasteiger partial charge on any atom is 0.237 e. The Labute approximate surface area is 117 Å². The number of amides is 1. The molecule has 0 spiro atoms. The first-order valence-electron chi connectivity index (χ1n) is 7.70. The van der Waals surface area contributed by atoms with Gasteiger partial charge in [0.15, 0.2) is 0 Å². The van der Waals surface area contributed by atoms with Crippen molar-refractivity contribution in [1.29, 1.82) is 0 Å². The van der Waals surface area contributed by atoms with Gasteiger partial charge in [0.05, 0.1) is 5.54 Å². The molecule has 1 aliphatic carbocycles. The molecule has 2 aliphatic rings. The van der Waals surface area contributed by atoms with Crippen molar-refractivity contribution in [3.05, 3.63) is 0 Å². The Balaban J connectivity index is 1.80. The average molecular weight is 267 g/mol. The normalized spacial score (nSPS) is 27.7. The van der Waals surface area contributed by atoms with E-state index in [4.69, 9.17) is 5.73 Å². The van der Waals surface area contributed by atoms with E-state index in [-0.39, 0.29) is 5.91 Å². The van der Waals surface area contributed by atoms with Gasteiger partial charge < -0.3 is 16.0 Å². The Morgan fingerprint density at radius 1 is 1.42 bits per heavy atom. The maximum atomic E-state index is 11.7. The lowest BCUT2D eigenvalue weighted by Gasteiger charge is -2.30. The van der Waals surface area contributed by atoms with E-state index >= 15 is 0 Å². The van der Waals surface area contributed by atoms with Crippen molar-refractivity contribution in [3.8, 4) is 0 Å². The summed E-state index contributed by atoms with van der Waals surface area (Å²) in [5.41, 5.74) is 5.06. The van der Waals surface area contributed by atoms with Crippen LogP contribution in [0.5, 0.6) is 0 Å². The number of hydrogen-bond acceptors (Lipinski definition) is 3. The molecule has 0 aromatic rings. The molecule has 4 heteroatoms. The van der Waals surface area contributed by atoms with Crippen molar-refractivity contribution in [3.63, 3.8) is 0 Å². The number of carbonyl (C=O) groups excluding carboxylic acids is 1. The number of primary amides is 1. The molecule has 2 unspecified atom stereocenters. The Hall–Kier alpha value is -0.610. The minimum absolute atomic E-state index is 0.209. The van der Waals surface area contributed by atoms with Crippen molar-refractivity contribution < 1.29 is 4.79 Å². The lowest BCUT2D eigenvalue weighted by molar-refractivity contribution is -0.124. The van der Waals surface area contributed by atoms with Gasteiger partial charge in [-0.2, -0.15) is 0 Å². The lowest BCUT2D eigenvalue weighted by atomic mass is 9.95. The molecule has 1 saturated carbocycles. The van der Waals surface area contributed by atoms with Gasteiger partial charge in [-0.15, -0.1) is 0 Å². The number of hydrogen-bond donors (Lipinski definition) is 2. The first-order valence-corrected chi connectivity index (χ1v) is 7.70. The number of nitrogens with two attached hydrogens (primary N) is 1. The van der Waals surface area contributed by atoms with Gasteiger partial charge in [0.1, 0.15) is 0 Å². The van der Waals surface area contributed by atoms with Gasteiger partial charge in [-0.3, -0.25) is 4.79 Å². The van der Waals surface area contributed by atoms with E-state index in [1.807, 2.05) is 6.92 Å². The highest BCUT2D eigenvalue weighted by molar-refractivity contribution is 5.84. The zero-order valence-corrected chi connectivity index (χ0v) is 12.6. The van der Waals surface area contributed by atoms with Gasteiger partial charge in [-0.25, -0.2) is 0 Å². The van der Waals surface area contributed by atoms with Gasteiger partial charge in [0, 0.05) is 19.1 Å². The zero-order chi connectivity index (χ0) is 14.0. The van der Waals surface area contributed by atoms with Crippen LogP contribution >= 0.6 is 0 Å². The van der Waals surface area contributed by atoms with E-state index in [1.165, 1.54) is 32.4 Å². The van der Waals surface area contributed by atoms with Gasteiger partial charge in [-0.1, -0.05) is 13.8 Å². The van der Waals surface area contributed by atoms with E-state index in [9.17, 15) is 4.79 Å². The van der Waals surface area contributed by atoms with Crippen molar-refractivity contribution in [2.24, 2.45) is 17.6 Å². The summed E-state index contributed by atoms with van der Waals surface area (Å²) in [6.07, 6.45) is 4.48. The third-order valence-electron chi connectivity index (χ3n) is 4.82. The summed E-state index contributed by atoms with van der Waals surface area (Å²) in [5.74, 6) is 1.37. The van der Waals surface area contributed by atoms with E-state index in [1.54, 1.807) is 0 Å². The standard InChI is InChI=1S/C15H29N3O/c1-11(2)12-6-8-18(10-12)9-7-15(3,14(16)19)17-13-4-5-13/h11-13,17H,4-10H2,1-3H3,(H2,16,19). The molecule has 2 rings (SSSR count). The smallest absolute Gasteiger partial charge is 0.237 e. The van der Waals surface area contributed by atoms with E-state index < -0.39 is 5.54 Å². The summed E-state index contributed by atoms with van der Waals surface area (Å²) in [6.45, 7) is 9.88. The predicted octanol–water partition coefficient (Wildman–Crippen LogP) is 1.35. The number of nitrogens with zero attached hydrogens (tertiary/aromatic N) is 1. The molecule has 2 fully saturated rings. The summed E-state index contributed by atoms with van der Waals surface area (Å²) in [5, 5.41) is 3.42. The van der Waals surface area contributed by atoms with Crippen LogP contribution in [0, 0.1) is 11.8 Å². The number of carbonyl (C=O) groups is 1. The second-order valence-corrected chi connectivity index (χ2v) is 6.96. The largest absolute Gasteiger partial charge is 0.368 e. The summed E-state index contributed by atoms with van der Waals surface area (Å²) in [6, 6.07) is 0.513. The molecule has 1 amide bonds. The predicted molar refractivity (Wildman–Crippen MR) is 77.8 cm³/mol. The highest BCUT2D eigenvalue weighted by Crippen LogP contribution is 2.26. The summed E-state index contributed by atoms with van der Waals surface area (Å²) in [4.78, 5) is 14.2. The average Bonchev–Trinajstić information content (AvgIpc) is 3.01. The molecule has 4 nitrogen and oxygen atoms in total. The van der Waals surface area contributed by atoms with Crippen LogP contribution in [0.25, 0.3) is 0 Å². The van der Waals surface area contributed by atoms with Crippen LogP contribution in [-0.2, 0) is 4.79 Å². The first kappa shape index (κ1) is 14.8. The van der Waals surface area contributed by atoms with Gasteiger partial charge >= 0.3 is 0 Å². The fourth-order valence-electron chi connectivity index (χ4n) is 2.94. The fourth-order valence-corrected chi connectivity index (χ4v) is 2.94. The molecule has 0 radical (unpaired) electrons. The Morgan fingerprint density at radius 3 is 2.58 bits per heavy atom. The summed E-state index contributed by atoms with van der Waals surface area (Å²) in [7, 11) is 0. The molecule has 1 aliphatic heterocycles. The third-order valence-corrected chi connectivity index (χ3v) is 4.82. The fraction of sp³-hybridized carbons (Fsp3) is 0.933. The van der Waals surface area contributed by atoms with E-state index in [0.29, 0.717) is 6.04 Å². The summed E-state index contributed by atoms with van der Waals surface area (Å²) < 4.78 is 0. The first-order chi connectivity index (χ1) is 8.90. The summed E-state index contributed by atoms with van der Waals surface area (Å²) >= 11 is 0. The van der Waals surface area contributed by atoms with Crippen molar-refractivity contribution in [2.75, 3.05) is 19.6 Å². The Bertz CT molecular complexity index is 327. The molecule has 1 saturated heterocycles. The van der Waals surface area contributed by atoms with Gasteiger partial charge in [-0.05, 0) is 51.0 Å².